The second-order valence-electron chi connectivity index (χ2n) is 8.19. The monoisotopic (exact) mass is 393 g/mol. The summed E-state index contributed by atoms with van der Waals surface area (Å²) in [7, 11) is 2.13. The molecule has 1 heterocycles. The smallest absolute Gasteiger partial charge is 0.0849 e. The first kappa shape index (κ1) is 20.1. The van der Waals surface area contributed by atoms with Crippen LogP contribution < -0.4 is 0 Å². The molecule has 30 heavy (non-hydrogen) atoms. The summed E-state index contributed by atoms with van der Waals surface area (Å²) < 4.78 is 0. The van der Waals surface area contributed by atoms with Gasteiger partial charge in [-0.1, -0.05) is 66.7 Å². The van der Waals surface area contributed by atoms with Gasteiger partial charge in [-0.3, -0.25) is 0 Å². The van der Waals surface area contributed by atoms with Gasteiger partial charge in [-0.2, -0.15) is 5.26 Å². The number of piperidine rings is 1. The Morgan fingerprint density at radius 1 is 0.900 bits per heavy atom. The molecule has 3 heteroatoms. The van der Waals surface area contributed by atoms with Gasteiger partial charge in [0.2, 0.25) is 0 Å². The summed E-state index contributed by atoms with van der Waals surface area (Å²) >= 11 is 0. The van der Waals surface area contributed by atoms with E-state index in [1.54, 1.807) is 0 Å². The lowest BCUT2D eigenvalue weighted by Gasteiger charge is -2.36. The summed E-state index contributed by atoms with van der Waals surface area (Å²) in [5.74, 6) is 0. The molecule has 1 fully saturated rings. The number of benzene rings is 3. The van der Waals surface area contributed by atoms with Crippen molar-refractivity contribution >= 4 is 11.4 Å². The lowest BCUT2D eigenvalue weighted by Crippen LogP contribution is -2.40. The lowest BCUT2D eigenvalue weighted by molar-refractivity contribution is 0.221. The first-order valence-electron chi connectivity index (χ1n) is 10.5. The van der Waals surface area contributed by atoms with Crippen molar-refractivity contribution in [3.63, 3.8) is 0 Å². The first-order chi connectivity index (χ1) is 14.6. The van der Waals surface area contributed by atoms with Gasteiger partial charge in [-0.05, 0) is 63.2 Å². The van der Waals surface area contributed by atoms with Crippen LogP contribution in [-0.4, -0.2) is 30.7 Å². The Balaban J connectivity index is 1.74. The number of hydrogen-bond donors (Lipinski definition) is 0. The third-order valence-corrected chi connectivity index (χ3v) is 6.12. The molecule has 1 aliphatic rings. The molecule has 0 unspecified atom stereocenters. The molecule has 0 spiro atoms. The maximum atomic E-state index is 10.0. The van der Waals surface area contributed by atoms with Crippen LogP contribution in [0.25, 0.3) is 0 Å². The molecular weight excluding hydrogens is 366 g/mol. The van der Waals surface area contributed by atoms with Crippen LogP contribution >= 0.6 is 0 Å². The van der Waals surface area contributed by atoms with Crippen molar-refractivity contribution in [3.8, 4) is 6.07 Å². The van der Waals surface area contributed by atoms with E-state index in [0.29, 0.717) is 0 Å². The average Bonchev–Trinajstić information content (AvgIpc) is 2.80. The molecule has 3 aromatic rings. The molecule has 150 valence electrons. The Labute approximate surface area is 179 Å². The number of hydrogen-bond acceptors (Lipinski definition) is 3. The maximum absolute atomic E-state index is 10.0. The van der Waals surface area contributed by atoms with E-state index in [1.807, 2.05) is 36.4 Å². The highest BCUT2D eigenvalue weighted by Gasteiger charge is 2.36. The maximum Gasteiger partial charge on any atom is 0.0849 e. The molecule has 3 nitrogen and oxygen atoms in total. The van der Waals surface area contributed by atoms with E-state index in [9.17, 15) is 5.26 Å². The zero-order valence-corrected chi connectivity index (χ0v) is 17.7. The summed E-state index contributed by atoms with van der Waals surface area (Å²) in [5, 5.41) is 10.0. The Hall–Kier alpha value is -3.22. The minimum atomic E-state index is -0.388. The van der Waals surface area contributed by atoms with E-state index in [2.05, 4.69) is 67.4 Å². The number of aryl methyl sites for hydroxylation is 1. The van der Waals surface area contributed by atoms with Crippen LogP contribution in [0, 0.1) is 18.3 Å². The zero-order chi connectivity index (χ0) is 21.0. The van der Waals surface area contributed by atoms with Crippen LogP contribution in [0.4, 0.5) is 5.69 Å². The predicted octanol–water partition coefficient (Wildman–Crippen LogP) is 5.65. The van der Waals surface area contributed by atoms with E-state index < -0.39 is 0 Å². The highest BCUT2D eigenvalue weighted by Crippen LogP contribution is 2.37. The molecule has 1 aliphatic heterocycles. The Bertz CT molecular complexity index is 1030. The van der Waals surface area contributed by atoms with Gasteiger partial charge in [0.15, 0.2) is 0 Å². The van der Waals surface area contributed by atoms with Crippen LogP contribution in [0.1, 0.15) is 35.1 Å². The van der Waals surface area contributed by atoms with Crippen LogP contribution in [0.5, 0.6) is 0 Å². The highest BCUT2D eigenvalue weighted by atomic mass is 15.1. The Morgan fingerprint density at radius 2 is 1.47 bits per heavy atom. The fourth-order valence-electron chi connectivity index (χ4n) is 4.31. The molecule has 0 saturated carbocycles. The van der Waals surface area contributed by atoms with Crippen LogP contribution in [0.3, 0.4) is 0 Å². The molecular formula is C27H27N3. The predicted molar refractivity (Wildman–Crippen MR) is 123 cm³/mol. The van der Waals surface area contributed by atoms with Gasteiger partial charge >= 0.3 is 0 Å². The summed E-state index contributed by atoms with van der Waals surface area (Å²) in [4.78, 5) is 7.33. The van der Waals surface area contributed by atoms with Crippen molar-refractivity contribution in [2.75, 3.05) is 20.1 Å². The van der Waals surface area contributed by atoms with E-state index >= 15 is 0 Å². The number of nitrogens with zero attached hydrogens (tertiary/aromatic N) is 3. The standard InChI is InChI=1S/C27H27N3/c1-21-19-24(13-14-25(21)27(20-28)15-17-30(2)18-16-27)29-26(22-9-5-3-6-10-22)23-11-7-4-8-12-23/h3-14,19H,15-18H2,1-2H3. The zero-order valence-electron chi connectivity index (χ0n) is 17.7. The largest absolute Gasteiger partial charge is 0.306 e. The minimum absolute atomic E-state index is 0.388. The van der Waals surface area contributed by atoms with Gasteiger partial charge in [-0.15, -0.1) is 0 Å². The van der Waals surface area contributed by atoms with Gasteiger partial charge in [0.05, 0.1) is 22.9 Å². The van der Waals surface area contributed by atoms with Gasteiger partial charge < -0.3 is 4.90 Å². The molecule has 1 saturated heterocycles. The molecule has 4 rings (SSSR count). The van der Waals surface area contributed by atoms with E-state index in [0.717, 1.165) is 59.6 Å². The Kier molecular flexibility index (Phi) is 5.79. The van der Waals surface area contributed by atoms with E-state index in [-0.39, 0.29) is 5.41 Å². The first-order valence-corrected chi connectivity index (χ1v) is 10.5. The minimum Gasteiger partial charge on any atom is -0.306 e. The molecule has 0 aliphatic carbocycles. The number of nitriles is 1. The van der Waals surface area contributed by atoms with Crippen molar-refractivity contribution < 1.29 is 0 Å². The van der Waals surface area contributed by atoms with Gasteiger partial charge in [0.25, 0.3) is 0 Å². The second-order valence-corrected chi connectivity index (χ2v) is 8.19. The van der Waals surface area contributed by atoms with Gasteiger partial charge in [0, 0.05) is 11.1 Å². The molecule has 0 bridgehead atoms. The average molecular weight is 394 g/mol. The van der Waals surface area contributed by atoms with Crippen molar-refractivity contribution in [1.82, 2.24) is 4.90 Å². The van der Waals surface area contributed by atoms with Gasteiger partial charge in [0.1, 0.15) is 0 Å². The fraction of sp³-hybridized carbons (Fsp3) is 0.259. The van der Waals surface area contributed by atoms with Crippen LogP contribution in [0.15, 0.2) is 83.9 Å². The summed E-state index contributed by atoms with van der Waals surface area (Å²) in [6.07, 6.45) is 1.76. The third-order valence-electron chi connectivity index (χ3n) is 6.12. The second kappa shape index (κ2) is 8.65. The van der Waals surface area contributed by atoms with Crippen molar-refractivity contribution in [3.05, 3.63) is 101 Å². The number of likely N-dealkylation sites (tertiary alicyclic amines) is 1. The van der Waals surface area contributed by atoms with Crippen LogP contribution in [0.2, 0.25) is 0 Å². The lowest BCUT2D eigenvalue weighted by atomic mass is 9.72. The van der Waals surface area contributed by atoms with Crippen molar-refractivity contribution in [1.29, 1.82) is 5.26 Å². The summed E-state index contributed by atoms with van der Waals surface area (Å²) in [5.41, 5.74) is 5.96. The molecule has 0 N–H and O–H groups in total. The molecule has 0 amide bonds. The summed E-state index contributed by atoms with van der Waals surface area (Å²) in [6, 6.07) is 29.5. The SMILES string of the molecule is Cc1cc(N=C(c2ccccc2)c2ccccc2)ccc1C1(C#N)CCN(C)CC1. The molecule has 0 atom stereocenters. The van der Waals surface area contributed by atoms with Crippen molar-refractivity contribution in [2.45, 2.75) is 25.2 Å². The number of rotatable bonds is 4. The topological polar surface area (TPSA) is 39.4 Å². The van der Waals surface area contributed by atoms with E-state index in [1.165, 1.54) is 0 Å². The molecule has 3 aromatic carbocycles. The quantitative estimate of drug-likeness (QED) is 0.537. The third kappa shape index (κ3) is 4.06. The normalized spacial score (nSPS) is 15.9. The molecule has 0 aromatic heterocycles. The Morgan fingerprint density at radius 3 is 1.97 bits per heavy atom. The van der Waals surface area contributed by atoms with Crippen LogP contribution in [-0.2, 0) is 5.41 Å². The summed E-state index contributed by atoms with van der Waals surface area (Å²) in [6.45, 7) is 4.02. The highest BCUT2D eigenvalue weighted by molar-refractivity contribution is 6.13. The van der Waals surface area contributed by atoms with Crippen molar-refractivity contribution in [2.24, 2.45) is 4.99 Å². The van der Waals surface area contributed by atoms with E-state index in [4.69, 9.17) is 4.99 Å². The van der Waals surface area contributed by atoms with Gasteiger partial charge in [-0.25, -0.2) is 4.99 Å². The molecule has 0 radical (unpaired) electrons. The fourth-order valence-corrected chi connectivity index (χ4v) is 4.31. The number of aliphatic imine (C=N–C) groups is 1.